The standard InChI is InChI=1S/C16H19N5/c1-2-7-17-15(6-1)20-8-10-21(11-9-20)16-13-4-3-5-14(13)18-12-19-16/h1-2,6-7,12H,3-5,8-11H2. The number of fused-ring (bicyclic) bond motifs is 1. The van der Waals surface area contributed by atoms with Gasteiger partial charge >= 0.3 is 0 Å². The summed E-state index contributed by atoms with van der Waals surface area (Å²) in [5.74, 6) is 2.24. The number of aromatic nitrogens is 3. The predicted octanol–water partition coefficient (Wildman–Crippen LogP) is 1.69. The van der Waals surface area contributed by atoms with Crippen molar-refractivity contribution in [1.82, 2.24) is 15.0 Å². The Morgan fingerprint density at radius 3 is 2.52 bits per heavy atom. The van der Waals surface area contributed by atoms with Gasteiger partial charge in [0, 0.05) is 43.6 Å². The lowest BCUT2D eigenvalue weighted by molar-refractivity contribution is 0.638. The fourth-order valence-corrected chi connectivity index (χ4v) is 3.30. The quantitative estimate of drug-likeness (QED) is 0.838. The van der Waals surface area contributed by atoms with Crippen LogP contribution in [0, 0.1) is 0 Å². The highest BCUT2D eigenvalue weighted by molar-refractivity contribution is 5.52. The molecule has 0 radical (unpaired) electrons. The van der Waals surface area contributed by atoms with E-state index in [1.165, 1.54) is 17.7 Å². The Morgan fingerprint density at radius 2 is 1.71 bits per heavy atom. The summed E-state index contributed by atoms with van der Waals surface area (Å²) in [4.78, 5) is 18.2. The molecular formula is C16H19N5. The molecule has 0 aromatic carbocycles. The van der Waals surface area contributed by atoms with Crippen molar-refractivity contribution < 1.29 is 0 Å². The van der Waals surface area contributed by atoms with Crippen molar-refractivity contribution in [3.8, 4) is 0 Å². The molecule has 21 heavy (non-hydrogen) atoms. The number of piperazine rings is 1. The summed E-state index contributed by atoms with van der Waals surface area (Å²) in [6.45, 7) is 3.99. The number of pyridine rings is 1. The van der Waals surface area contributed by atoms with E-state index < -0.39 is 0 Å². The van der Waals surface area contributed by atoms with E-state index >= 15 is 0 Å². The van der Waals surface area contributed by atoms with Crippen LogP contribution >= 0.6 is 0 Å². The molecule has 1 saturated heterocycles. The summed E-state index contributed by atoms with van der Waals surface area (Å²) in [6.07, 6.45) is 7.04. The van der Waals surface area contributed by atoms with Crippen LogP contribution in [0.3, 0.4) is 0 Å². The number of anilines is 2. The minimum absolute atomic E-state index is 0.996. The van der Waals surface area contributed by atoms with Crippen LogP contribution in [0.1, 0.15) is 17.7 Å². The van der Waals surface area contributed by atoms with Crippen LogP contribution in [0.2, 0.25) is 0 Å². The molecule has 0 N–H and O–H groups in total. The average molecular weight is 281 g/mol. The first-order chi connectivity index (χ1) is 10.4. The summed E-state index contributed by atoms with van der Waals surface area (Å²) < 4.78 is 0. The maximum atomic E-state index is 4.55. The third kappa shape index (κ3) is 2.33. The first kappa shape index (κ1) is 12.6. The normalized spacial score (nSPS) is 17.9. The predicted molar refractivity (Wildman–Crippen MR) is 82.7 cm³/mol. The van der Waals surface area contributed by atoms with Crippen molar-refractivity contribution in [1.29, 1.82) is 0 Å². The molecule has 1 aliphatic heterocycles. The van der Waals surface area contributed by atoms with Gasteiger partial charge in [-0.3, -0.25) is 0 Å². The van der Waals surface area contributed by atoms with Crippen LogP contribution in [-0.2, 0) is 12.8 Å². The van der Waals surface area contributed by atoms with Crippen molar-refractivity contribution in [2.24, 2.45) is 0 Å². The summed E-state index contributed by atoms with van der Waals surface area (Å²) in [5, 5.41) is 0. The Balaban J connectivity index is 1.50. The first-order valence-electron chi connectivity index (χ1n) is 7.65. The highest BCUT2D eigenvalue weighted by Gasteiger charge is 2.24. The summed E-state index contributed by atoms with van der Waals surface area (Å²) >= 11 is 0. The molecule has 3 heterocycles. The van der Waals surface area contributed by atoms with Gasteiger partial charge in [-0.25, -0.2) is 15.0 Å². The summed E-state index contributed by atoms with van der Waals surface area (Å²) in [5.41, 5.74) is 2.64. The van der Waals surface area contributed by atoms with Gasteiger partial charge in [0.15, 0.2) is 0 Å². The largest absolute Gasteiger partial charge is 0.353 e. The molecule has 0 saturated carbocycles. The smallest absolute Gasteiger partial charge is 0.135 e. The second kappa shape index (κ2) is 5.31. The van der Waals surface area contributed by atoms with Gasteiger partial charge in [-0.05, 0) is 31.4 Å². The van der Waals surface area contributed by atoms with E-state index in [0.717, 1.165) is 50.7 Å². The van der Waals surface area contributed by atoms with Crippen LogP contribution in [0.25, 0.3) is 0 Å². The minimum atomic E-state index is 0.996. The fraction of sp³-hybridized carbons (Fsp3) is 0.438. The van der Waals surface area contributed by atoms with E-state index in [1.807, 2.05) is 18.3 Å². The van der Waals surface area contributed by atoms with Crippen LogP contribution < -0.4 is 9.80 Å². The third-order valence-corrected chi connectivity index (χ3v) is 4.40. The highest BCUT2D eigenvalue weighted by atomic mass is 15.3. The highest BCUT2D eigenvalue weighted by Crippen LogP contribution is 2.28. The van der Waals surface area contributed by atoms with Crippen molar-refractivity contribution in [3.63, 3.8) is 0 Å². The van der Waals surface area contributed by atoms with E-state index in [4.69, 9.17) is 0 Å². The molecular weight excluding hydrogens is 262 g/mol. The molecule has 5 heteroatoms. The molecule has 2 aromatic heterocycles. The zero-order valence-electron chi connectivity index (χ0n) is 12.1. The Labute approximate surface area is 124 Å². The van der Waals surface area contributed by atoms with Crippen LogP contribution in [0.4, 0.5) is 11.6 Å². The Kier molecular flexibility index (Phi) is 3.18. The zero-order valence-corrected chi connectivity index (χ0v) is 12.1. The molecule has 2 aliphatic rings. The van der Waals surface area contributed by atoms with E-state index in [-0.39, 0.29) is 0 Å². The Morgan fingerprint density at radius 1 is 0.857 bits per heavy atom. The molecule has 4 rings (SSSR count). The summed E-state index contributed by atoms with van der Waals surface area (Å²) in [7, 11) is 0. The minimum Gasteiger partial charge on any atom is -0.353 e. The molecule has 0 bridgehead atoms. The lowest BCUT2D eigenvalue weighted by Crippen LogP contribution is -2.47. The molecule has 0 atom stereocenters. The lowest BCUT2D eigenvalue weighted by Gasteiger charge is -2.36. The summed E-state index contributed by atoms with van der Waals surface area (Å²) in [6, 6.07) is 6.09. The monoisotopic (exact) mass is 281 g/mol. The van der Waals surface area contributed by atoms with Gasteiger partial charge in [0.1, 0.15) is 18.0 Å². The van der Waals surface area contributed by atoms with Gasteiger partial charge in [0.2, 0.25) is 0 Å². The molecule has 1 aliphatic carbocycles. The molecule has 108 valence electrons. The SMILES string of the molecule is c1ccc(N2CCN(c3ncnc4c3CCC4)CC2)nc1. The Hall–Kier alpha value is -2.17. The van der Waals surface area contributed by atoms with Crippen molar-refractivity contribution in [3.05, 3.63) is 42.0 Å². The number of nitrogens with zero attached hydrogens (tertiary/aromatic N) is 5. The molecule has 2 aromatic rings. The van der Waals surface area contributed by atoms with Gasteiger partial charge in [-0.1, -0.05) is 6.07 Å². The van der Waals surface area contributed by atoms with Gasteiger partial charge in [0.25, 0.3) is 0 Å². The molecule has 0 amide bonds. The van der Waals surface area contributed by atoms with Crippen LogP contribution in [0.5, 0.6) is 0 Å². The van der Waals surface area contributed by atoms with Crippen molar-refractivity contribution in [2.75, 3.05) is 36.0 Å². The second-order valence-electron chi connectivity index (χ2n) is 5.64. The van der Waals surface area contributed by atoms with E-state index in [9.17, 15) is 0 Å². The molecule has 0 spiro atoms. The van der Waals surface area contributed by atoms with Crippen LogP contribution in [0.15, 0.2) is 30.7 Å². The van der Waals surface area contributed by atoms with Gasteiger partial charge in [-0.15, -0.1) is 0 Å². The Bertz CT molecular complexity index is 620. The third-order valence-electron chi connectivity index (χ3n) is 4.40. The average Bonchev–Trinajstić information content (AvgIpc) is 3.04. The number of hydrogen-bond donors (Lipinski definition) is 0. The topological polar surface area (TPSA) is 45.2 Å². The number of aryl methyl sites for hydroxylation is 1. The number of rotatable bonds is 2. The van der Waals surface area contributed by atoms with Gasteiger partial charge in [0.05, 0.1) is 0 Å². The molecule has 5 nitrogen and oxygen atoms in total. The van der Waals surface area contributed by atoms with E-state index in [0.29, 0.717) is 0 Å². The maximum Gasteiger partial charge on any atom is 0.135 e. The van der Waals surface area contributed by atoms with E-state index in [2.05, 4.69) is 30.8 Å². The van der Waals surface area contributed by atoms with Crippen molar-refractivity contribution in [2.45, 2.75) is 19.3 Å². The van der Waals surface area contributed by atoms with Crippen LogP contribution in [-0.4, -0.2) is 41.1 Å². The zero-order chi connectivity index (χ0) is 14.1. The van der Waals surface area contributed by atoms with Gasteiger partial charge in [-0.2, -0.15) is 0 Å². The maximum absolute atomic E-state index is 4.55. The van der Waals surface area contributed by atoms with E-state index in [1.54, 1.807) is 6.33 Å². The molecule has 0 unspecified atom stereocenters. The number of hydrogen-bond acceptors (Lipinski definition) is 5. The molecule has 1 fully saturated rings. The second-order valence-corrected chi connectivity index (χ2v) is 5.64. The fourth-order valence-electron chi connectivity index (χ4n) is 3.30. The van der Waals surface area contributed by atoms with Crippen molar-refractivity contribution >= 4 is 11.6 Å². The lowest BCUT2D eigenvalue weighted by atomic mass is 10.2. The first-order valence-corrected chi connectivity index (χ1v) is 7.65. The van der Waals surface area contributed by atoms with Gasteiger partial charge < -0.3 is 9.80 Å².